The zero-order valence-electron chi connectivity index (χ0n) is 8.24. The molecular weight excluding hydrogens is 282 g/mol. The fourth-order valence-corrected chi connectivity index (χ4v) is 2.08. The van der Waals surface area contributed by atoms with Crippen LogP contribution in [0.5, 0.6) is 0 Å². The molecule has 0 aliphatic carbocycles. The van der Waals surface area contributed by atoms with Crippen LogP contribution in [0.1, 0.15) is 17.3 Å². The van der Waals surface area contributed by atoms with Crippen molar-refractivity contribution in [2.45, 2.75) is 13.0 Å². The van der Waals surface area contributed by atoms with Gasteiger partial charge in [-0.15, -0.1) is 11.3 Å². The number of thiophene rings is 1. The summed E-state index contributed by atoms with van der Waals surface area (Å²) in [5.41, 5.74) is 0.530. The Hall–Kier alpha value is -0.880. The van der Waals surface area contributed by atoms with Crippen molar-refractivity contribution in [2.75, 3.05) is 7.11 Å². The van der Waals surface area contributed by atoms with E-state index in [1.54, 1.807) is 18.4 Å². The van der Waals surface area contributed by atoms with Crippen LogP contribution < -0.4 is 5.32 Å². The summed E-state index contributed by atoms with van der Waals surface area (Å²) in [6, 6.07) is 1.06. The van der Waals surface area contributed by atoms with Crippen molar-refractivity contribution < 1.29 is 14.3 Å². The fourth-order valence-electron chi connectivity index (χ4n) is 0.945. The van der Waals surface area contributed by atoms with Crippen LogP contribution in [0.25, 0.3) is 0 Å². The van der Waals surface area contributed by atoms with Gasteiger partial charge in [-0.25, -0.2) is 4.79 Å². The number of nitrogens with one attached hydrogen (secondary N) is 1. The van der Waals surface area contributed by atoms with E-state index in [4.69, 9.17) is 0 Å². The van der Waals surface area contributed by atoms with E-state index in [9.17, 15) is 9.59 Å². The molecule has 1 aromatic rings. The van der Waals surface area contributed by atoms with E-state index in [0.29, 0.717) is 5.56 Å². The lowest BCUT2D eigenvalue weighted by Crippen LogP contribution is -2.38. The highest BCUT2D eigenvalue weighted by molar-refractivity contribution is 9.11. The molecule has 0 bridgehead atoms. The van der Waals surface area contributed by atoms with E-state index < -0.39 is 12.0 Å². The van der Waals surface area contributed by atoms with Crippen LogP contribution >= 0.6 is 27.3 Å². The number of carbonyl (C=O) groups excluding carboxylic acids is 2. The second kappa shape index (κ2) is 5.27. The van der Waals surface area contributed by atoms with Gasteiger partial charge in [0.25, 0.3) is 5.91 Å². The van der Waals surface area contributed by atoms with Crippen LogP contribution in [0.3, 0.4) is 0 Å². The molecule has 4 nitrogen and oxygen atoms in total. The molecule has 0 spiro atoms. The number of halogens is 1. The summed E-state index contributed by atoms with van der Waals surface area (Å²) < 4.78 is 5.37. The summed E-state index contributed by atoms with van der Waals surface area (Å²) in [6.07, 6.45) is 0. The monoisotopic (exact) mass is 291 g/mol. The Morgan fingerprint density at radius 3 is 2.73 bits per heavy atom. The highest BCUT2D eigenvalue weighted by Crippen LogP contribution is 2.20. The van der Waals surface area contributed by atoms with E-state index >= 15 is 0 Å². The molecule has 0 saturated heterocycles. The summed E-state index contributed by atoms with van der Waals surface area (Å²) in [5.74, 6) is -0.743. The predicted molar refractivity (Wildman–Crippen MR) is 61.0 cm³/mol. The molecule has 1 atom stereocenters. The molecule has 1 N–H and O–H groups in total. The Balaban J connectivity index is 2.60. The SMILES string of the molecule is COC(=O)C(C)NC(=O)c1csc(Br)c1. The van der Waals surface area contributed by atoms with Gasteiger partial charge < -0.3 is 10.1 Å². The standard InChI is InChI=1S/C9H10BrNO3S/c1-5(9(13)14-2)11-8(12)6-3-7(10)15-4-6/h3-5H,1-2H3,(H,11,12). The molecule has 0 radical (unpaired) electrons. The van der Waals surface area contributed by atoms with Gasteiger partial charge in [-0.3, -0.25) is 4.79 Å². The summed E-state index contributed by atoms with van der Waals surface area (Å²) in [6.45, 7) is 1.57. The number of hydrogen-bond acceptors (Lipinski definition) is 4. The largest absolute Gasteiger partial charge is 0.467 e. The van der Waals surface area contributed by atoms with Crippen LogP contribution in [0.2, 0.25) is 0 Å². The molecule has 82 valence electrons. The van der Waals surface area contributed by atoms with E-state index in [0.717, 1.165) is 3.79 Å². The maximum absolute atomic E-state index is 11.6. The smallest absolute Gasteiger partial charge is 0.328 e. The van der Waals surface area contributed by atoms with Gasteiger partial charge in [0.1, 0.15) is 6.04 Å². The van der Waals surface area contributed by atoms with Crippen molar-refractivity contribution in [3.8, 4) is 0 Å². The lowest BCUT2D eigenvalue weighted by atomic mass is 10.3. The van der Waals surface area contributed by atoms with E-state index in [-0.39, 0.29) is 5.91 Å². The molecule has 6 heteroatoms. The van der Waals surface area contributed by atoms with Crippen LogP contribution in [-0.2, 0) is 9.53 Å². The van der Waals surface area contributed by atoms with Crippen LogP contribution in [0, 0.1) is 0 Å². The molecular formula is C9H10BrNO3S. The van der Waals surface area contributed by atoms with Gasteiger partial charge in [-0.1, -0.05) is 0 Å². The number of ether oxygens (including phenoxy) is 1. The summed E-state index contributed by atoms with van der Waals surface area (Å²) in [7, 11) is 1.28. The quantitative estimate of drug-likeness (QED) is 0.864. The van der Waals surface area contributed by atoms with E-state index in [1.165, 1.54) is 18.4 Å². The van der Waals surface area contributed by atoms with Gasteiger partial charge in [-0.05, 0) is 28.9 Å². The molecule has 1 amide bonds. The van der Waals surface area contributed by atoms with Gasteiger partial charge in [0.2, 0.25) is 0 Å². The molecule has 0 fully saturated rings. The first-order chi connectivity index (χ1) is 7.04. The molecule has 15 heavy (non-hydrogen) atoms. The lowest BCUT2D eigenvalue weighted by molar-refractivity contribution is -0.142. The van der Waals surface area contributed by atoms with E-state index in [1.807, 2.05) is 0 Å². The molecule has 1 unspecified atom stereocenters. The minimum atomic E-state index is -0.638. The minimum absolute atomic E-state index is 0.283. The second-order valence-electron chi connectivity index (χ2n) is 2.86. The topological polar surface area (TPSA) is 55.4 Å². The Morgan fingerprint density at radius 1 is 1.60 bits per heavy atom. The number of esters is 1. The normalized spacial score (nSPS) is 11.9. The van der Waals surface area contributed by atoms with Crippen LogP contribution in [-0.4, -0.2) is 25.0 Å². The van der Waals surface area contributed by atoms with Gasteiger partial charge >= 0.3 is 5.97 Å². The minimum Gasteiger partial charge on any atom is -0.467 e. The van der Waals surface area contributed by atoms with Crippen molar-refractivity contribution in [1.29, 1.82) is 0 Å². The number of methoxy groups -OCH3 is 1. The van der Waals surface area contributed by atoms with Crippen molar-refractivity contribution in [3.05, 3.63) is 20.8 Å². The Morgan fingerprint density at radius 2 is 2.27 bits per heavy atom. The van der Waals surface area contributed by atoms with Crippen molar-refractivity contribution >= 4 is 39.1 Å². The summed E-state index contributed by atoms with van der Waals surface area (Å²) in [4.78, 5) is 22.6. The Kier molecular flexibility index (Phi) is 4.28. The van der Waals surface area contributed by atoms with Crippen molar-refractivity contribution in [3.63, 3.8) is 0 Å². The first-order valence-corrected chi connectivity index (χ1v) is 5.84. The highest BCUT2D eigenvalue weighted by atomic mass is 79.9. The molecule has 0 aliphatic heterocycles. The van der Waals surface area contributed by atoms with Gasteiger partial charge in [0.15, 0.2) is 0 Å². The van der Waals surface area contributed by atoms with Gasteiger partial charge in [-0.2, -0.15) is 0 Å². The zero-order valence-corrected chi connectivity index (χ0v) is 10.6. The number of rotatable bonds is 3. The molecule has 1 heterocycles. The molecule has 0 saturated carbocycles. The highest BCUT2D eigenvalue weighted by Gasteiger charge is 2.17. The van der Waals surface area contributed by atoms with Gasteiger partial charge in [0, 0.05) is 5.38 Å². The van der Waals surface area contributed by atoms with Crippen molar-refractivity contribution in [2.24, 2.45) is 0 Å². The third kappa shape index (κ3) is 3.32. The number of amides is 1. The number of carbonyl (C=O) groups is 2. The zero-order chi connectivity index (χ0) is 11.4. The second-order valence-corrected chi connectivity index (χ2v) is 5.15. The predicted octanol–water partition coefficient (Wildman–Crippen LogP) is 1.80. The Labute approximate surface area is 99.8 Å². The maximum atomic E-state index is 11.6. The Bertz CT molecular complexity index is 377. The summed E-state index contributed by atoms with van der Waals surface area (Å²) in [5, 5.41) is 4.24. The molecule has 0 aliphatic rings. The average Bonchev–Trinajstić information content (AvgIpc) is 2.63. The maximum Gasteiger partial charge on any atom is 0.328 e. The molecule has 1 aromatic heterocycles. The first-order valence-electron chi connectivity index (χ1n) is 4.17. The summed E-state index contributed by atoms with van der Waals surface area (Å²) >= 11 is 4.67. The fraction of sp³-hybridized carbons (Fsp3) is 0.333. The van der Waals surface area contributed by atoms with Crippen molar-refractivity contribution in [1.82, 2.24) is 5.32 Å². The third-order valence-corrected chi connectivity index (χ3v) is 3.24. The van der Waals surface area contributed by atoms with Crippen LogP contribution in [0.15, 0.2) is 15.2 Å². The first kappa shape index (κ1) is 12.2. The number of hydrogen-bond donors (Lipinski definition) is 1. The lowest BCUT2D eigenvalue weighted by Gasteiger charge is -2.10. The third-order valence-electron chi connectivity index (χ3n) is 1.73. The average molecular weight is 292 g/mol. The molecule has 0 aromatic carbocycles. The van der Waals surface area contributed by atoms with E-state index in [2.05, 4.69) is 26.0 Å². The molecule has 1 rings (SSSR count). The van der Waals surface area contributed by atoms with Gasteiger partial charge in [0.05, 0.1) is 16.5 Å². The van der Waals surface area contributed by atoms with Crippen LogP contribution in [0.4, 0.5) is 0 Å².